The van der Waals surface area contributed by atoms with Gasteiger partial charge in [0.05, 0.1) is 0 Å². The monoisotopic (exact) mass is 412 g/mol. The molecule has 0 amide bonds. The van der Waals surface area contributed by atoms with Crippen LogP contribution < -0.4 is 10.8 Å². The fourth-order valence-corrected chi connectivity index (χ4v) is 3.59. The lowest BCUT2D eigenvalue weighted by atomic mass is 9.80. The Morgan fingerprint density at radius 1 is 1.23 bits per heavy atom. The van der Waals surface area contributed by atoms with Crippen molar-refractivity contribution in [2.45, 2.75) is 50.9 Å². The van der Waals surface area contributed by atoms with Gasteiger partial charge in [-0.05, 0) is 36.6 Å². The van der Waals surface area contributed by atoms with E-state index in [1.54, 1.807) is 13.0 Å². The quantitative estimate of drug-likeness (QED) is 0.301. The number of pyridine rings is 1. The maximum absolute atomic E-state index is 14.3. The van der Waals surface area contributed by atoms with Crippen LogP contribution in [0.1, 0.15) is 46.5 Å². The molecule has 2 aromatic rings. The van der Waals surface area contributed by atoms with Crippen LogP contribution in [0, 0.1) is 10.8 Å². The molecule has 160 valence electrons. The van der Waals surface area contributed by atoms with Crippen molar-refractivity contribution in [2.75, 3.05) is 5.32 Å². The zero-order valence-corrected chi connectivity index (χ0v) is 17.4. The van der Waals surface area contributed by atoms with Crippen molar-refractivity contribution in [3.05, 3.63) is 83.6 Å². The Morgan fingerprint density at radius 3 is 2.67 bits per heavy atom. The molecule has 0 fully saturated rings. The van der Waals surface area contributed by atoms with Gasteiger partial charge in [-0.15, -0.1) is 0 Å². The third kappa shape index (κ3) is 4.75. The van der Waals surface area contributed by atoms with Gasteiger partial charge < -0.3 is 5.32 Å². The van der Waals surface area contributed by atoms with Crippen molar-refractivity contribution in [3.63, 3.8) is 0 Å². The first-order chi connectivity index (χ1) is 14.2. The lowest BCUT2D eigenvalue weighted by Crippen LogP contribution is -2.40. The molecule has 0 bridgehead atoms. The van der Waals surface area contributed by atoms with Gasteiger partial charge in [0.2, 0.25) is 0 Å². The number of halogens is 2. The summed E-state index contributed by atoms with van der Waals surface area (Å²) in [6.07, 6.45) is 9.08. The average Bonchev–Trinajstić information content (AvgIpc) is 2.91. The molecule has 0 spiro atoms. The van der Waals surface area contributed by atoms with Gasteiger partial charge in [-0.25, -0.2) is 0 Å². The van der Waals surface area contributed by atoms with Gasteiger partial charge in [0.1, 0.15) is 5.49 Å². The highest BCUT2D eigenvalue weighted by Crippen LogP contribution is 2.33. The first-order valence-electron chi connectivity index (χ1n) is 10.2. The number of nitrogens with zero attached hydrogens (tertiary/aromatic N) is 1. The SMILES string of the molecule is CCCC(F)(F)C(=N)n1cc(C2(C)C=CCC(Nc3ccccc3)=CC2)ccc1=N.[HH]. The second-order valence-electron chi connectivity index (χ2n) is 7.92. The van der Waals surface area contributed by atoms with E-state index in [-0.39, 0.29) is 13.3 Å². The van der Waals surface area contributed by atoms with Crippen molar-refractivity contribution in [3.8, 4) is 0 Å². The molecule has 30 heavy (non-hydrogen) atoms. The second kappa shape index (κ2) is 8.78. The number of benzene rings is 1. The number of alkyl halides is 2. The average molecular weight is 413 g/mol. The summed E-state index contributed by atoms with van der Waals surface area (Å²) >= 11 is 0. The largest absolute Gasteiger partial charge is 0.359 e. The third-order valence-electron chi connectivity index (χ3n) is 5.43. The Balaban J connectivity index is 0.00000341. The summed E-state index contributed by atoms with van der Waals surface area (Å²) in [5.41, 5.74) is 2.35. The topological polar surface area (TPSA) is 64.7 Å². The minimum atomic E-state index is -3.26. The number of rotatable bonds is 6. The Hall–Kier alpha value is -3.02. The zero-order chi connectivity index (χ0) is 21.8. The summed E-state index contributed by atoms with van der Waals surface area (Å²) in [6, 6.07) is 13.2. The molecule has 6 heteroatoms. The molecular formula is C24H30F2N4. The van der Waals surface area contributed by atoms with Gasteiger partial charge in [-0.3, -0.25) is 15.4 Å². The molecule has 3 N–H and O–H groups in total. The molecule has 1 heterocycles. The number of hydrogen-bond donors (Lipinski definition) is 3. The zero-order valence-electron chi connectivity index (χ0n) is 17.4. The van der Waals surface area contributed by atoms with Gasteiger partial charge in [0.25, 0.3) is 0 Å². The lowest BCUT2D eigenvalue weighted by Gasteiger charge is -2.27. The first kappa shape index (κ1) is 21.7. The van der Waals surface area contributed by atoms with E-state index in [1.165, 1.54) is 12.3 Å². The highest BCUT2D eigenvalue weighted by atomic mass is 19.3. The van der Waals surface area contributed by atoms with Crippen LogP contribution in [0.2, 0.25) is 0 Å². The number of hydrogen-bond acceptors (Lipinski definition) is 3. The molecule has 0 saturated carbocycles. The van der Waals surface area contributed by atoms with Crippen LogP contribution in [0.4, 0.5) is 14.5 Å². The van der Waals surface area contributed by atoms with Crippen LogP contribution in [0.25, 0.3) is 0 Å². The number of nitrogens with one attached hydrogen (secondary N) is 3. The van der Waals surface area contributed by atoms with Crippen LogP contribution in [0.3, 0.4) is 0 Å². The summed E-state index contributed by atoms with van der Waals surface area (Å²) in [6.45, 7) is 3.71. The molecule has 1 atom stereocenters. The van der Waals surface area contributed by atoms with Crippen molar-refractivity contribution < 1.29 is 10.2 Å². The summed E-state index contributed by atoms with van der Waals surface area (Å²) in [5, 5.41) is 19.5. The summed E-state index contributed by atoms with van der Waals surface area (Å²) in [5.74, 6) is -4.11. The fourth-order valence-electron chi connectivity index (χ4n) is 3.59. The third-order valence-corrected chi connectivity index (χ3v) is 5.43. The van der Waals surface area contributed by atoms with Crippen molar-refractivity contribution in [1.29, 1.82) is 10.8 Å². The standard InChI is InChI=1S/C24H28F2N4.H2/c1-3-14-24(25,26)22(28)30-17-18(11-12-21(30)27)23(2)15-7-10-20(13-16-23)29-19-8-5-4-6-9-19;/h4-9,11-13,15,17,27-29H,3,10,14,16H2,1-2H3;1H. The van der Waals surface area contributed by atoms with E-state index in [2.05, 4.69) is 23.5 Å². The maximum Gasteiger partial charge on any atom is 0.304 e. The maximum atomic E-state index is 14.3. The van der Waals surface area contributed by atoms with E-state index in [1.807, 2.05) is 37.3 Å². The van der Waals surface area contributed by atoms with Crippen LogP contribution in [0.5, 0.6) is 0 Å². The molecule has 1 aromatic heterocycles. The van der Waals surface area contributed by atoms with Crippen molar-refractivity contribution >= 4 is 11.5 Å². The normalized spacial score (nSPS) is 19.1. The lowest BCUT2D eigenvalue weighted by molar-refractivity contribution is 0.0623. The van der Waals surface area contributed by atoms with Crippen LogP contribution in [0.15, 0.2) is 72.6 Å². The molecule has 4 nitrogen and oxygen atoms in total. The Morgan fingerprint density at radius 2 is 1.97 bits per heavy atom. The molecule has 0 saturated heterocycles. The minimum absolute atomic E-state index is 0. The van der Waals surface area contributed by atoms with Gasteiger partial charge in [-0.1, -0.05) is 56.3 Å². The predicted molar refractivity (Wildman–Crippen MR) is 119 cm³/mol. The van der Waals surface area contributed by atoms with Gasteiger partial charge in [0.15, 0.2) is 5.84 Å². The molecule has 0 aliphatic heterocycles. The molecule has 3 rings (SSSR count). The van der Waals surface area contributed by atoms with Gasteiger partial charge >= 0.3 is 5.92 Å². The van der Waals surface area contributed by atoms with Crippen molar-refractivity contribution in [1.82, 2.24) is 4.57 Å². The van der Waals surface area contributed by atoms with E-state index < -0.39 is 23.6 Å². The van der Waals surface area contributed by atoms with E-state index in [0.717, 1.165) is 27.9 Å². The van der Waals surface area contributed by atoms with Crippen molar-refractivity contribution in [2.24, 2.45) is 0 Å². The smallest absolute Gasteiger partial charge is 0.304 e. The highest BCUT2D eigenvalue weighted by molar-refractivity contribution is 5.88. The van der Waals surface area contributed by atoms with Gasteiger partial charge in [-0.2, -0.15) is 8.78 Å². The molecule has 1 aliphatic carbocycles. The molecule has 1 unspecified atom stereocenters. The van der Waals surface area contributed by atoms with E-state index >= 15 is 0 Å². The Bertz CT molecular complexity index is 1030. The number of aromatic nitrogens is 1. The minimum Gasteiger partial charge on any atom is -0.359 e. The van der Waals surface area contributed by atoms with E-state index in [4.69, 9.17) is 10.8 Å². The number of para-hydroxylation sites is 1. The molecular weight excluding hydrogens is 382 g/mol. The first-order valence-corrected chi connectivity index (χ1v) is 10.2. The van der Waals surface area contributed by atoms with Crippen LogP contribution in [-0.4, -0.2) is 16.3 Å². The molecule has 1 aliphatic rings. The van der Waals surface area contributed by atoms with Crippen LogP contribution >= 0.6 is 0 Å². The number of allylic oxidation sites excluding steroid dienone is 3. The highest BCUT2D eigenvalue weighted by Gasteiger charge is 2.36. The van der Waals surface area contributed by atoms with E-state index in [0.29, 0.717) is 6.42 Å². The summed E-state index contributed by atoms with van der Waals surface area (Å²) < 4.78 is 29.6. The van der Waals surface area contributed by atoms with Crippen LogP contribution in [-0.2, 0) is 5.41 Å². The summed E-state index contributed by atoms with van der Waals surface area (Å²) in [7, 11) is 0. The Kier molecular flexibility index (Phi) is 6.34. The molecule has 1 aromatic carbocycles. The fraction of sp³-hybridized carbons (Fsp3) is 0.333. The molecule has 0 radical (unpaired) electrons. The summed E-state index contributed by atoms with van der Waals surface area (Å²) in [4.78, 5) is 0. The van der Waals surface area contributed by atoms with Gasteiger partial charge in [0, 0.05) is 37.3 Å². The number of anilines is 1. The Labute approximate surface area is 177 Å². The predicted octanol–water partition coefficient (Wildman–Crippen LogP) is 6.08. The van der Waals surface area contributed by atoms with E-state index in [9.17, 15) is 8.78 Å². The second-order valence-corrected chi connectivity index (χ2v) is 7.92.